The molecule has 1 aromatic heterocycles. The molecular formula is C24H21ClN6O3. The molecule has 1 heterocycles. The Kier molecular flexibility index (Phi) is 7.14. The van der Waals surface area contributed by atoms with E-state index in [0.717, 1.165) is 16.8 Å². The summed E-state index contributed by atoms with van der Waals surface area (Å²) in [7, 11) is 1.51. The molecule has 0 unspecified atom stereocenters. The Bertz CT molecular complexity index is 1310. The number of halogens is 1. The third kappa shape index (κ3) is 5.38. The van der Waals surface area contributed by atoms with E-state index >= 15 is 0 Å². The van der Waals surface area contributed by atoms with Gasteiger partial charge in [-0.15, -0.1) is 5.10 Å². The molecule has 0 saturated heterocycles. The first-order chi connectivity index (χ1) is 16.5. The number of aromatic nitrogens is 4. The molecule has 0 aliphatic heterocycles. The van der Waals surface area contributed by atoms with Crippen LogP contribution in [0.3, 0.4) is 0 Å². The van der Waals surface area contributed by atoms with Crippen molar-refractivity contribution in [3.8, 4) is 17.2 Å². The van der Waals surface area contributed by atoms with Crippen molar-refractivity contribution in [2.24, 2.45) is 5.10 Å². The number of hydrogen-bond acceptors (Lipinski definition) is 7. The molecule has 1 N–H and O–H groups in total. The molecule has 0 saturated carbocycles. The Morgan fingerprint density at radius 3 is 2.53 bits per heavy atom. The van der Waals surface area contributed by atoms with Gasteiger partial charge in [0.05, 0.1) is 18.5 Å². The van der Waals surface area contributed by atoms with Gasteiger partial charge in [-0.3, -0.25) is 4.79 Å². The van der Waals surface area contributed by atoms with Crippen LogP contribution in [0.25, 0.3) is 5.69 Å². The van der Waals surface area contributed by atoms with E-state index in [1.54, 1.807) is 35.9 Å². The standard InChI is InChI=1S/C24H21ClN6O3/c1-16(17-7-10-20(11-8-17)31-15-26-29-30-31)27-28-24(32)18-9-12-22(23(13-18)33-2)34-14-19-5-3-4-6-21(19)25/h3-13,15H,14H2,1-2H3,(H,28,32)/b27-16+. The Hall–Kier alpha value is -4.24. The van der Waals surface area contributed by atoms with Crippen LogP contribution in [-0.4, -0.2) is 38.9 Å². The summed E-state index contributed by atoms with van der Waals surface area (Å²) in [5, 5.41) is 15.9. The molecule has 0 aliphatic carbocycles. The lowest BCUT2D eigenvalue weighted by atomic mass is 10.1. The van der Waals surface area contributed by atoms with Crippen LogP contribution in [0, 0.1) is 0 Å². The smallest absolute Gasteiger partial charge is 0.271 e. The van der Waals surface area contributed by atoms with Crippen LogP contribution in [0.4, 0.5) is 0 Å². The van der Waals surface area contributed by atoms with E-state index in [2.05, 4.69) is 26.1 Å². The zero-order chi connectivity index (χ0) is 23.9. The molecule has 1 amide bonds. The van der Waals surface area contributed by atoms with Crippen molar-refractivity contribution in [3.05, 3.63) is 94.8 Å². The molecule has 3 aromatic carbocycles. The quantitative estimate of drug-likeness (QED) is 0.304. The van der Waals surface area contributed by atoms with Gasteiger partial charge in [-0.25, -0.2) is 10.1 Å². The predicted octanol–water partition coefficient (Wildman–Crippen LogP) is 4.06. The van der Waals surface area contributed by atoms with E-state index in [1.165, 1.54) is 13.4 Å². The fraction of sp³-hybridized carbons (Fsp3) is 0.125. The number of amides is 1. The number of methoxy groups -OCH3 is 1. The van der Waals surface area contributed by atoms with Gasteiger partial charge in [0.25, 0.3) is 5.91 Å². The predicted molar refractivity (Wildman–Crippen MR) is 128 cm³/mol. The highest BCUT2D eigenvalue weighted by Gasteiger charge is 2.12. The van der Waals surface area contributed by atoms with Crippen molar-refractivity contribution >= 4 is 23.2 Å². The van der Waals surface area contributed by atoms with Crippen LogP contribution in [0.2, 0.25) is 5.02 Å². The molecule has 10 heteroatoms. The van der Waals surface area contributed by atoms with Gasteiger partial charge in [-0.05, 0) is 59.3 Å². The highest BCUT2D eigenvalue weighted by molar-refractivity contribution is 6.31. The molecule has 172 valence electrons. The number of tetrazole rings is 1. The fourth-order valence-electron chi connectivity index (χ4n) is 3.10. The zero-order valence-corrected chi connectivity index (χ0v) is 19.2. The third-order valence-electron chi connectivity index (χ3n) is 4.99. The van der Waals surface area contributed by atoms with E-state index in [0.29, 0.717) is 27.8 Å². The molecule has 34 heavy (non-hydrogen) atoms. The summed E-state index contributed by atoms with van der Waals surface area (Å²) < 4.78 is 12.8. The average molecular weight is 477 g/mol. The van der Waals surface area contributed by atoms with Gasteiger partial charge in [0.15, 0.2) is 11.5 Å². The molecule has 0 bridgehead atoms. The topological polar surface area (TPSA) is 104 Å². The van der Waals surface area contributed by atoms with Crippen molar-refractivity contribution < 1.29 is 14.3 Å². The summed E-state index contributed by atoms with van der Waals surface area (Å²) in [6.45, 7) is 2.08. The van der Waals surface area contributed by atoms with Gasteiger partial charge in [0.1, 0.15) is 12.9 Å². The fourth-order valence-corrected chi connectivity index (χ4v) is 3.29. The molecule has 9 nitrogen and oxygen atoms in total. The van der Waals surface area contributed by atoms with Gasteiger partial charge in [0, 0.05) is 16.1 Å². The largest absolute Gasteiger partial charge is 0.493 e. The van der Waals surface area contributed by atoms with Crippen molar-refractivity contribution in [3.63, 3.8) is 0 Å². The number of carbonyl (C=O) groups is 1. The molecule has 4 aromatic rings. The minimum Gasteiger partial charge on any atom is -0.493 e. The van der Waals surface area contributed by atoms with Crippen LogP contribution >= 0.6 is 11.6 Å². The maximum Gasteiger partial charge on any atom is 0.271 e. The van der Waals surface area contributed by atoms with Crippen LogP contribution in [0.1, 0.15) is 28.4 Å². The number of rotatable bonds is 8. The highest BCUT2D eigenvalue weighted by atomic mass is 35.5. The molecule has 0 spiro atoms. The first kappa shape index (κ1) is 22.9. The van der Waals surface area contributed by atoms with Crippen LogP contribution in [0.5, 0.6) is 11.5 Å². The SMILES string of the molecule is COc1cc(C(=O)N/N=C(\C)c2ccc(-n3cnnn3)cc2)ccc1OCc1ccccc1Cl. The summed E-state index contributed by atoms with van der Waals surface area (Å²) >= 11 is 6.18. The maximum absolute atomic E-state index is 12.6. The maximum atomic E-state index is 12.6. The normalized spacial score (nSPS) is 11.2. The van der Waals surface area contributed by atoms with Crippen molar-refractivity contribution in [1.29, 1.82) is 0 Å². The molecule has 4 rings (SSSR count). The Morgan fingerprint density at radius 1 is 1.06 bits per heavy atom. The second-order valence-electron chi connectivity index (χ2n) is 7.19. The monoisotopic (exact) mass is 476 g/mol. The van der Waals surface area contributed by atoms with Crippen molar-refractivity contribution in [2.45, 2.75) is 13.5 Å². The minimum atomic E-state index is -0.374. The number of ether oxygens (including phenoxy) is 2. The average Bonchev–Trinajstić information content (AvgIpc) is 3.42. The van der Waals surface area contributed by atoms with Gasteiger partial charge >= 0.3 is 0 Å². The number of benzene rings is 3. The van der Waals surface area contributed by atoms with Gasteiger partial charge in [-0.1, -0.05) is 41.9 Å². The lowest BCUT2D eigenvalue weighted by molar-refractivity contribution is 0.0954. The second-order valence-corrected chi connectivity index (χ2v) is 7.59. The van der Waals surface area contributed by atoms with Gasteiger partial charge in [-0.2, -0.15) is 5.10 Å². The lowest BCUT2D eigenvalue weighted by Gasteiger charge is -2.12. The molecule has 0 radical (unpaired) electrons. The summed E-state index contributed by atoms with van der Waals surface area (Å²) in [6.07, 6.45) is 1.51. The summed E-state index contributed by atoms with van der Waals surface area (Å²) in [4.78, 5) is 12.6. The van der Waals surface area contributed by atoms with Crippen LogP contribution in [-0.2, 0) is 6.61 Å². The molecule has 0 atom stereocenters. The summed E-state index contributed by atoms with van der Waals surface area (Å²) in [5.41, 5.74) is 6.11. The number of hydrogen-bond donors (Lipinski definition) is 1. The Morgan fingerprint density at radius 2 is 1.82 bits per heavy atom. The van der Waals surface area contributed by atoms with E-state index in [4.69, 9.17) is 21.1 Å². The van der Waals surface area contributed by atoms with Crippen molar-refractivity contribution in [2.75, 3.05) is 7.11 Å². The zero-order valence-electron chi connectivity index (χ0n) is 18.5. The van der Waals surface area contributed by atoms with E-state index < -0.39 is 0 Å². The molecule has 0 fully saturated rings. The van der Waals surface area contributed by atoms with E-state index in [9.17, 15) is 4.79 Å². The Labute approximate surface area is 201 Å². The summed E-state index contributed by atoms with van der Waals surface area (Å²) in [5.74, 6) is 0.556. The molecular weight excluding hydrogens is 456 g/mol. The third-order valence-corrected chi connectivity index (χ3v) is 5.36. The molecule has 0 aliphatic rings. The van der Waals surface area contributed by atoms with Crippen LogP contribution < -0.4 is 14.9 Å². The van der Waals surface area contributed by atoms with Crippen LogP contribution in [0.15, 0.2) is 78.2 Å². The number of hydrazone groups is 1. The van der Waals surface area contributed by atoms with Gasteiger partial charge in [0.2, 0.25) is 0 Å². The van der Waals surface area contributed by atoms with E-state index in [-0.39, 0.29) is 12.5 Å². The lowest BCUT2D eigenvalue weighted by Crippen LogP contribution is -2.19. The summed E-state index contributed by atoms with van der Waals surface area (Å²) in [6, 6.07) is 19.8. The number of nitrogens with zero attached hydrogens (tertiary/aromatic N) is 5. The first-order valence-electron chi connectivity index (χ1n) is 10.3. The highest BCUT2D eigenvalue weighted by Crippen LogP contribution is 2.29. The minimum absolute atomic E-state index is 0.275. The second kappa shape index (κ2) is 10.6. The number of nitrogens with one attached hydrogen (secondary N) is 1. The first-order valence-corrected chi connectivity index (χ1v) is 10.7. The number of carbonyl (C=O) groups excluding carboxylic acids is 1. The Balaban J connectivity index is 1.41. The van der Waals surface area contributed by atoms with Crippen molar-refractivity contribution in [1.82, 2.24) is 25.6 Å². The van der Waals surface area contributed by atoms with E-state index in [1.807, 2.05) is 42.5 Å². The van der Waals surface area contributed by atoms with Gasteiger partial charge < -0.3 is 9.47 Å².